The molecule has 1 aliphatic carbocycles. The van der Waals surface area contributed by atoms with Crippen LogP contribution in [0.5, 0.6) is 0 Å². The molecule has 2 aromatic rings. The molecule has 1 amide bonds. The summed E-state index contributed by atoms with van der Waals surface area (Å²) in [6.07, 6.45) is 5.62. The molecule has 0 radical (unpaired) electrons. The van der Waals surface area contributed by atoms with Crippen molar-refractivity contribution >= 4 is 34.7 Å². The Balaban J connectivity index is 2.11. The molecular formula is C16H11NO2. The molecule has 2 aliphatic rings. The lowest BCUT2D eigenvalue weighted by Crippen LogP contribution is -2.33. The third-order valence-corrected chi connectivity index (χ3v) is 3.67. The Hall–Kier alpha value is -2.42. The summed E-state index contributed by atoms with van der Waals surface area (Å²) in [7, 11) is 0. The van der Waals surface area contributed by atoms with Crippen LogP contribution in [0, 0.1) is 5.92 Å². The number of carbonyl (C=O) groups is 1. The number of benzene rings is 1. The van der Waals surface area contributed by atoms with Gasteiger partial charge in [0.05, 0.1) is 5.71 Å². The van der Waals surface area contributed by atoms with Gasteiger partial charge < -0.3 is 4.42 Å². The van der Waals surface area contributed by atoms with Crippen LogP contribution < -0.4 is 10.6 Å². The van der Waals surface area contributed by atoms with E-state index in [0.29, 0.717) is 0 Å². The summed E-state index contributed by atoms with van der Waals surface area (Å²) < 4.78 is 5.81. The van der Waals surface area contributed by atoms with Gasteiger partial charge in [-0.3, -0.25) is 4.79 Å². The van der Waals surface area contributed by atoms with Gasteiger partial charge in [0.15, 0.2) is 0 Å². The lowest BCUT2D eigenvalue weighted by atomic mass is 9.88. The molecule has 19 heavy (non-hydrogen) atoms. The summed E-state index contributed by atoms with van der Waals surface area (Å²) in [6, 6.07) is 7.96. The highest BCUT2D eigenvalue weighted by Gasteiger charge is 2.23. The van der Waals surface area contributed by atoms with Crippen LogP contribution in [-0.2, 0) is 4.79 Å². The van der Waals surface area contributed by atoms with Crippen LogP contribution in [0.4, 0.5) is 0 Å². The Kier molecular flexibility index (Phi) is 1.96. The van der Waals surface area contributed by atoms with E-state index in [-0.39, 0.29) is 11.8 Å². The van der Waals surface area contributed by atoms with E-state index in [1.165, 1.54) is 0 Å². The first-order valence-electron chi connectivity index (χ1n) is 6.24. The highest BCUT2D eigenvalue weighted by molar-refractivity contribution is 6.22. The van der Waals surface area contributed by atoms with Gasteiger partial charge in [-0.05, 0) is 13.0 Å². The van der Waals surface area contributed by atoms with Crippen LogP contribution in [0.25, 0.3) is 23.1 Å². The quantitative estimate of drug-likeness (QED) is 0.711. The highest BCUT2D eigenvalue weighted by atomic mass is 16.3. The Labute approximate surface area is 109 Å². The first kappa shape index (κ1) is 10.5. The third-order valence-electron chi connectivity index (χ3n) is 3.67. The van der Waals surface area contributed by atoms with Crippen molar-refractivity contribution < 1.29 is 9.21 Å². The van der Waals surface area contributed by atoms with Crippen molar-refractivity contribution in [3.05, 3.63) is 46.5 Å². The standard InChI is InChI=1S/C16H11NO2/c1-9-6-16(18)17-13-8-15-12(7-11(9)13)10-4-2-3-5-14(10)19-15/h2-8,11H,1H3. The highest BCUT2D eigenvalue weighted by Crippen LogP contribution is 2.22. The molecule has 0 N–H and O–H groups in total. The number of para-hydroxylation sites is 1. The largest absolute Gasteiger partial charge is 0.456 e. The maximum Gasteiger partial charge on any atom is 0.269 e. The molecule has 2 heterocycles. The van der Waals surface area contributed by atoms with Crippen molar-refractivity contribution in [1.82, 2.24) is 0 Å². The van der Waals surface area contributed by atoms with E-state index in [1.54, 1.807) is 6.08 Å². The van der Waals surface area contributed by atoms with Crippen LogP contribution in [0.15, 0.2) is 45.3 Å². The fourth-order valence-corrected chi connectivity index (χ4v) is 2.75. The summed E-state index contributed by atoms with van der Waals surface area (Å²) in [4.78, 5) is 15.6. The normalized spacial score (nSPS) is 20.9. The summed E-state index contributed by atoms with van der Waals surface area (Å²) in [5, 5.41) is 2.21. The number of rotatable bonds is 0. The molecule has 0 spiro atoms. The zero-order chi connectivity index (χ0) is 13.0. The molecule has 0 saturated heterocycles. The minimum atomic E-state index is -0.187. The second-order valence-corrected chi connectivity index (χ2v) is 4.93. The number of fused-ring (bicyclic) bond motifs is 4. The van der Waals surface area contributed by atoms with E-state index in [9.17, 15) is 4.79 Å². The number of hydrogen-bond donors (Lipinski definition) is 0. The summed E-state index contributed by atoms with van der Waals surface area (Å²) >= 11 is 0. The van der Waals surface area contributed by atoms with Crippen LogP contribution in [0.2, 0.25) is 0 Å². The van der Waals surface area contributed by atoms with E-state index in [0.717, 1.165) is 32.9 Å². The van der Waals surface area contributed by atoms with Crippen LogP contribution in [-0.4, -0.2) is 11.6 Å². The van der Waals surface area contributed by atoms with E-state index >= 15 is 0 Å². The number of nitrogens with zero attached hydrogens (tertiary/aromatic N) is 1. The second-order valence-electron chi connectivity index (χ2n) is 4.93. The van der Waals surface area contributed by atoms with Gasteiger partial charge in [0.25, 0.3) is 5.91 Å². The van der Waals surface area contributed by atoms with Crippen molar-refractivity contribution in [1.29, 1.82) is 0 Å². The van der Waals surface area contributed by atoms with Gasteiger partial charge in [-0.1, -0.05) is 29.8 Å². The average Bonchev–Trinajstić information content (AvgIpc) is 2.74. The minimum Gasteiger partial charge on any atom is -0.456 e. The molecule has 1 unspecified atom stereocenters. The second kappa shape index (κ2) is 3.54. The number of dihydropyridines is 1. The monoisotopic (exact) mass is 249 g/mol. The molecule has 1 aromatic carbocycles. The minimum absolute atomic E-state index is 0.0891. The van der Waals surface area contributed by atoms with E-state index < -0.39 is 0 Å². The number of carbonyl (C=O) groups excluding carboxylic acids is 1. The van der Waals surface area contributed by atoms with E-state index in [1.807, 2.05) is 31.2 Å². The molecule has 1 aliphatic heterocycles. The van der Waals surface area contributed by atoms with Gasteiger partial charge in [0, 0.05) is 28.7 Å². The van der Waals surface area contributed by atoms with Crippen molar-refractivity contribution in [2.75, 3.05) is 0 Å². The number of amides is 1. The van der Waals surface area contributed by atoms with Crippen molar-refractivity contribution in [3.63, 3.8) is 0 Å². The molecule has 0 bridgehead atoms. The number of aliphatic imine (C=N–C) groups is 1. The Morgan fingerprint density at radius 3 is 2.95 bits per heavy atom. The Bertz CT molecular complexity index is 896. The number of hydrogen-bond acceptors (Lipinski definition) is 2. The fourth-order valence-electron chi connectivity index (χ4n) is 2.75. The SMILES string of the molecule is CC1=CC(=O)N=C2C=c3oc4ccccc4c3=CC12. The molecule has 3 nitrogen and oxygen atoms in total. The van der Waals surface area contributed by atoms with Gasteiger partial charge >= 0.3 is 0 Å². The molecule has 0 saturated carbocycles. The topological polar surface area (TPSA) is 42.6 Å². The fraction of sp³-hybridized carbons (Fsp3) is 0.125. The third kappa shape index (κ3) is 1.45. The number of allylic oxidation sites excluding steroid dienone is 1. The average molecular weight is 249 g/mol. The predicted octanol–water partition coefficient (Wildman–Crippen LogP) is 1.55. The predicted molar refractivity (Wildman–Crippen MR) is 74.1 cm³/mol. The van der Waals surface area contributed by atoms with Gasteiger partial charge in [0.2, 0.25) is 0 Å². The lowest BCUT2D eigenvalue weighted by Gasteiger charge is -2.18. The number of furan rings is 1. The molecular weight excluding hydrogens is 238 g/mol. The summed E-state index contributed by atoms with van der Waals surface area (Å²) in [5.41, 5.74) is 3.46. The maximum absolute atomic E-state index is 11.5. The van der Waals surface area contributed by atoms with Crippen molar-refractivity contribution in [2.24, 2.45) is 10.9 Å². The lowest BCUT2D eigenvalue weighted by molar-refractivity contribution is -0.113. The van der Waals surface area contributed by atoms with E-state index in [2.05, 4.69) is 17.1 Å². The van der Waals surface area contributed by atoms with Crippen LogP contribution in [0.1, 0.15) is 6.92 Å². The molecule has 92 valence electrons. The Morgan fingerprint density at radius 2 is 2.05 bits per heavy atom. The zero-order valence-electron chi connectivity index (χ0n) is 10.4. The van der Waals surface area contributed by atoms with Gasteiger partial charge in [-0.2, -0.15) is 0 Å². The van der Waals surface area contributed by atoms with Gasteiger partial charge in [-0.15, -0.1) is 0 Å². The molecule has 1 aromatic heterocycles. The summed E-state index contributed by atoms with van der Waals surface area (Å²) in [6.45, 7) is 1.97. The smallest absolute Gasteiger partial charge is 0.269 e. The van der Waals surface area contributed by atoms with Gasteiger partial charge in [-0.25, -0.2) is 4.99 Å². The van der Waals surface area contributed by atoms with Crippen molar-refractivity contribution in [2.45, 2.75) is 6.92 Å². The maximum atomic E-state index is 11.5. The van der Waals surface area contributed by atoms with Crippen LogP contribution >= 0.6 is 0 Å². The molecule has 0 fully saturated rings. The first-order valence-corrected chi connectivity index (χ1v) is 6.24. The van der Waals surface area contributed by atoms with Crippen LogP contribution in [0.3, 0.4) is 0 Å². The molecule has 4 rings (SSSR count). The Morgan fingerprint density at radius 1 is 1.21 bits per heavy atom. The van der Waals surface area contributed by atoms with Crippen molar-refractivity contribution in [3.8, 4) is 0 Å². The summed E-state index contributed by atoms with van der Waals surface area (Å²) in [5.74, 6) is -0.0980. The van der Waals surface area contributed by atoms with Gasteiger partial charge in [0.1, 0.15) is 11.0 Å². The molecule has 1 atom stereocenters. The zero-order valence-corrected chi connectivity index (χ0v) is 10.4. The first-order chi connectivity index (χ1) is 9.22. The molecule has 3 heteroatoms. The van der Waals surface area contributed by atoms with E-state index in [4.69, 9.17) is 4.42 Å².